The summed E-state index contributed by atoms with van der Waals surface area (Å²) >= 11 is 0. The van der Waals surface area contributed by atoms with Crippen molar-refractivity contribution in [2.75, 3.05) is 26.2 Å². The lowest BCUT2D eigenvalue weighted by atomic mass is 10.1. The monoisotopic (exact) mass is 284 g/mol. The third-order valence-corrected chi connectivity index (χ3v) is 4.76. The summed E-state index contributed by atoms with van der Waals surface area (Å²) in [5.74, 6) is -0.0427. The van der Waals surface area contributed by atoms with Crippen molar-refractivity contribution < 1.29 is 13.5 Å². The maximum atomic E-state index is 12.0. The molecule has 0 amide bonds. The second-order valence-corrected chi connectivity index (χ2v) is 6.56. The molecule has 1 heterocycles. The number of nitrogens with one attached hydrogen (secondary N) is 1. The summed E-state index contributed by atoms with van der Waals surface area (Å²) in [6, 6.07) is 5.70. The third-order valence-electron chi connectivity index (χ3n) is 3.30. The van der Waals surface area contributed by atoms with E-state index in [4.69, 9.17) is 0 Å². The fourth-order valence-electron chi connectivity index (χ4n) is 2.26. The Morgan fingerprint density at radius 1 is 1.21 bits per heavy atom. The van der Waals surface area contributed by atoms with E-state index in [-0.39, 0.29) is 10.6 Å². The number of phenols is 1. The lowest BCUT2D eigenvalue weighted by Crippen LogP contribution is -2.37. The molecular weight excluding hydrogens is 264 g/mol. The van der Waals surface area contributed by atoms with Gasteiger partial charge >= 0.3 is 0 Å². The van der Waals surface area contributed by atoms with Gasteiger partial charge in [-0.2, -0.15) is 0 Å². The van der Waals surface area contributed by atoms with Gasteiger partial charge in [-0.1, -0.05) is 12.5 Å². The van der Waals surface area contributed by atoms with Crippen LogP contribution in [0, 0.1) is 0 Å². The van der Waals surface area contributed by atoms with E-state index in [0.717, 1.165) is 19.6 Å². The molecule has 19 heavy (non-hydrogen) atoms. The summed E-state index contributed by atoms with van der Waals surface area (Å²) < 4.78 is 26.5. The van der Waals surface area contributed by atoms with Gasteiger partial charge in [-0.3, -0.25) is 0 Å². The number of phenolic OH excluding ortho intramolecular Hbond substituents is 1. The fourth-order valence-corrected chi connectivity index (χ4v) is 3.32. The van der Waals surface area contributed by atoms with E-state index >= 15 is 0 Å². The number of hydrogen-bond acceptors (Lipinski definition) is 4. The largest absolute Gasteiger partial charge is 0.508 e. The van der Waals surface area contributed by atoms with Crippen LogP contribution in [0.2, 0.25) is 0 Å². The molecule has 1 aliphatic heterocycles. The number of aromatic hydroxyl groups is 1. The SMILES string of the molecule is O=S(=O)(NCCN1CCCCC1)c1cccc(O)c1. The van der Waals surface area contributed by atoms with Gasteiger partial charge in [-0.25, -0.2) is 13.1 Å². The highest BCUT2D eigenvalue weighted by molar-refractivity contribution is 7.89. The molecule has 1 aliphatic rings. The topological polar surface area (TPSA) is 69.6 Å². The molecule has 2 rings (SSSR count). The van der Waals surface area contributed by atoms with Gasteiger partial charge in [-0.15, -0.1) is 0 Å². The molecule has 1 aromatic rings. The Morgan fingerprint density at radius 3 is 2.63 bits per heavy atom. The first-order valence-electron chi connectivity index (χ1n) is 6.59. The van der Waals surface area contributed by atoms with E-state index in [2.05, 4.69) is 9.62 Å². The van der Waals surface area contributed by atoms with Crippen LogP contribution in [0.3, 0.4) is 0 Å². The fraction of sp³-hybridized carbons (Fsp3) is 0.538. The molecule has 2 N–H and O–H groups in total. The number of hydrogen-bond donors (Lipinski definition) is 2. The molecule has 6 heteroatoms. The Balaban J connectivity index is 1.87. The van der Waals surface area contributed by atoms with Crippen molar-refractivity contribution in [3.8, 4) is 5.75 Å². The summed E-state index contributed by atoms with van der Waals surface area (Å²) in [7, 11) is -3.52. The van der Waals surface area contributed by atoms with Gasteiger partial charge in [0.25, 0.3) is 0 Å². The molecule has 0 radical (unpaired) electrons. The molecular formula is C13H20N2O3S. The van der Waals surface area contributed by atoms with Gasteiger partial charge in [0.1, 0.15) is 5.75 Å². The number of likely N-dealkylation sites (tertiary alicyclic amines) is 1. The maximum absolute atomic E-state index is 12.0. The van der Waals surface area contributed by atoms with Gasteiger partial charge in [0.15, 0.2) is 0 Å². The minimum absolute atomic E-state index is 0.0427. The average Bonchev–Trinajstić information content (AvgIpc) is 2.40. The number of benzene rings is 1. The number of rotatable bonds is 5. The van der Waals surface area contributed by atoms with Gasteiger partial charge in [0.05, 0.1) is 4.90 Å². The van der Waals surface area contributed by atoms with Crippen molar-refractivity contribution in [3.05, 3.63) is 24.3 Å². The highest BCUT2D eigenvalue weighted by Gasteiger charge is 2.15. The van der Waals surface area contributed by atoms with E-state index in [1.165, 1.54) is 43.5 Å². The highest BCUT2D eigenvalue weighted by Crippen LogP contribution is 2.15. The number of nitrogens with zero attached hydrogens (tertiary/aromatic N) is 1. The molecule has 1 fully saturated rings. The molecule has 0 saturated carbocycles. The molecule has 0 aromatic heterocycles. The summed E-state index contributed by atoms with van der Waals surface area (Å²) in [5.41, 5.74) is 0. The van der Waals surface area contributed by atoms with Crippen molar-refractivity contribution in [2.45, 2.75) is 24.2 Å². The molecule has 0 unspecified atom stereocenters. The van der Waals surface area contributed by atoms with Crippen molar-refractivity contribution in [1.82, 2.24) is 9.62 Å². The van der Waals surface area contributed by atoms with Crippen molar-refractivity contribution in [3.63, 3.8) is 0 Å². The van der Waals surface area contributed by atoms with Crippen LogP contribution in [-0.2, 0) is 10.0 Å². The predicted molar refractivity (Wildman–Crippen MR) is 73.6 cm³/mol. The highest BCUT2D eigenvalue weighted by atomic mass is 32.2. The zero-order valence-electron chi connectivity index (χ0n) is 10.9. The van der Waals surface area contributed by atoms with Crippen LogP contribution in [-0.4, -0.2) is 44.6 Å². The first-order valence-corrected chi connectivity index (χ1v) is 8.07. The van der Waals surface area contributed by atoms with Crippen LogP contribution < -0.4 is 4.72 Å². The van der Waals surface area contributed by atoms with Crippen LogP contribution >= 0.6 is 0 Å². The minimum Gasteiger partial charge on any atom is -0.508 e. The van der Waals surface area contributed by atoms with Crippen LogP contribution in [0.5, 0.6) is 5.75 Å². The smallest absolute Gasteiger partial charge is 0.240 e. The maximum Gasteiger partial charge on any atom is 0.240 e. The van der Waals surface area contributed by atoms with Gasteiger partial charge in [-0.05, 0) is 44.1 Å². The number of piperidine rings is 1. The Bertz CT molecular complexity index is 510. The zero-order valence-corrected chi connectivity index (χ0v) is 11.7. The predicted octanol–water partition coefficient (Wildman–Crippen LogP) is 1.16. The third kappa shape index (κ3) is 4.19. The van der Waals surface area contributed by atoms with E-state index in [1.807, 2.05) is 0 Å². The molecule has 5 nitrogen and oxygen atoms in total. The second kappa shape index (κ2) is 6.36. The molecule has 106 valence electrons. The van der Waals surface area contributed by atoms with Gasteiger partial charge in [0.2, 0.25) is 10.0 Å². The van der Waals surface area contributed by atoms with Crippen LogP contribution in [0.4, 0.5) is 0 Å². The first kappa shape index (κ1) is 14.3. The second-order valence-electron chi connectivity index (χ2n) is 4.80. The minimum atomic E-state index is -3.52. The van der Waals surface area contributed by atoms with Crippen molar-refractivity contribution >= 4 is 10.0 Å². The lowest BCUT2D eigenvalue weighted by molar-refractivity contribution is 0.233. The molecule has 0 spiro atoms. The Hall–Kier alpha value is -1.11. The Morgan fingerprint density at radius 2 is 1.95 bits per heavy atom. The van der Waals surface area contributed by atoms with E-state index in [0.29, 0.717) is 6.54 Å². The summed E-state index contributed by atoms with van der Waals surface area (Å²) in [5, 5.41) is 9.31. The molecule has 0 aliphatic carbocycles. The number of sulfonamides is 1. The zero-order chi connectivity index (χ0) is 13.7. The Labute approximate surface area is 114 Å². The van der Waals surface area contributed by atoms with Crippen LogP contribution in [0.15, 0.2) is 29.2 Å². The summed E-state index contributed by atoms with van der Waals surface area (Å²) in [6.45, 7) is 3.23. The van der Waals surface area contributed by atoms with Crippen LogP contribution in [0.1, 0.15) is 19.3 Å². The van der Waals surface area contributed by atoms with Crippen molar-refractivity contribution in [1.29, 1.82) is 0 Å². The Kier molecular flexibility index (Phi) is 4.79. The quantitative estimate of drug-likeness (QED) is 0.851. The molecule has 1 saturated heterocycles. The van der Waals surface area contributed by atoms with Crippen LogP contribution in [0.25, 0.3) is 0 Å². The lowest BCUT2D eigenvalue weighted by Gasteiger charge is -2.26. The standard InChI is InChI=1S/C13H20N2O3S/c16-12-5-4-6-13(11-12)19(17,18)14-7-10-15-8-2-1-3-9-15/h4-6,11,14,16H,1-3,7-10H2. The van der Waals surface area contributed by atoms with E-state index in [9.17, 15) is 13.5 Å². The van der Waals surface area contributed by atoms with E-state index in [1.54, 1.807) is 0 Å². The van der Waals surface area contributed by atoms with E-state index < -0.39 is 10.0 Å². The molecule has 0 atom stereocenters. The normalized spacial score (nSPS) is 17.5. The first-order chi connectivity index (χ1) is 9.08. The van der Waals surface area contributed by atoms with Gasteiger partial charge in [0, 0.05) is 13.1 Å². The van der Waals surface area contributed by atoms with Crippen molar-refractivity contribution in [2.24, 2.45) is 0 Å². The summed E-state index contributed by atoms with van der Waals surface area (Å²) in [4.78, 5) is 2.38. The average molecular weight is 284 g/mol. The van der Waals surface area contributed by atoms with Gasteiger partial charge < -0.3 is 10.0 Å². The molecule has 1 aromatic carbocycles. The molecule has 0 bridgehead atoms. The summed E-state index contributed by atoms with van der Waals surface area (Å²) in [6.07, 6.45) is 3.66.